The lowest BCUT2D eigenvalue weighted by atomic mass is 10.0. The van der Waals surface area contributed by atoms with Crippen LogP contribution in [0.2, 0.25) is 0 Å². The Morgan fingerprint density at radius 1 is 1.32 bits per heavy atom. The van der Waals surface area contributed by atoms with Crippen LogP contribution in [0, 0.1) is 11.3 Å². The van der Waals surface area contributed by atoms with Crippen molar-refractivity contribution in [1.29, 1.82) is 5.26 Å². The molecule has 0 saturated carbocycles. The Balaban J connectivity index is 2.49. The van der Waals surface area contributed by atoms with E-state index in [1.165, 1.54) is 4.90 Å². The van der Waals surface area contributed by atoms with Crippen LogP contribution in [0.3, 0.4) is 0 Å². The first-order valence-electron chi connectivity index (χ1n) is 6.09. The molecule has 0 aromatic heterocycles. The molecule has 98 valence electrons. The highest BCUT2D eigenvalue weighted by atomic mass is 16.2. The summed E-state index contributed by atoms with van der Waals surface area (Å²) >= 11 is 0. The Kier molecular flexibility index (Phi) is 3.03. The zero-order valence-corrected chi connectivity index (χ0v) is 11.2. The molecule has 19 heavy (non-hydrogen) atoms. The number of hydrogen-bond acceptors (Lipinski definition) is 3. The highest BCUT2D eigenvalue weighted by molar-refractivity contribution is 6.23. The van der Waals surface area contributed by atoms with Crippen LogP contribution < -0.4 is 4.90 Å². The first-order valence-corrected chi connectivity index (χ1v) is 6.09. The minimum atomic E-state index is -0.853. The summed E-state index contributed by atoms with van der Waals surface area (Å²) in [5.41, 5.74) is 0.0121. The van der Waals surface area contributed by atoms with Crippen LogP contribution in [-0.4, -0.2) is 28.9 Å². The maximum absolute atomic E-state index is 12.4. The van der Waals surface area contributed by atoms with Gasteiger partial charge in [-0.3, -0.25) is 4.79 Å². The fourth-order valence-electron chi connectivity index (χ4n) is 2.31. The standard InChI is InChI=1S/C14H15N3O2/c1-4-16-13(19)17(12(18)14(16,2)3)11-7-5-6-10(8-11)9-15/h5-8H,4H2,1-3H3. The van der Waals surface area contributed by atoms with E-state index in [4.69, 9.17) is 5.26 Å². The van der Waals surface area contributed by atoms with Crippen molar-refractivity contribution in [1.82, 2.24) is 4.90 Å². The molecule has 0 spiro atoms. The molecular weight excluding hydrogens is 242 g/mol. The van der Waals surface area contributed by atoms with E-state index < -0.39 is 5.54 Å². The van der Waals surface area contributed by atoms with E-state index in [2.05, 4.69) is 0 Å². The van der Waals surface area contributed by atoms with Gasteiger partial charge in [0.25, 0.3) is 5.91 Å². The van der Waals surface area contributed by atoms with Gasteiger partial charge < -0.3 is 4.90 Å². The Bertz CT molecular complexity index is 587. The van der Waals surface area contributed by atoms with E-state index in [0.717, 1.165) is 4.90 Å². The highest BCUT2D eigenvalue weighted by Crippen LogP contribution is 2.31. The second-order valence-electron chi connectivity index (χ2n) is 4.89. The molecule has 0 N–H and O–H groups in total. The van der Waals surface area contributed by atoms with Crippen molar-refractivity contribution in [3.63, 3.8) is 0 Å². The van der Waals surface area contributed by atoms with Gasteiger partial charge in [0, 0.05) is 6.54 Å². The monoisotopic (exact) mass is 257 g/mol. The average Bonchev–Trinajstić information content (AvgIpc) is 2.56. The number of nitriles is 1. The van der Waals surface area contributed by atoms with Crippen LogP contribution in [0.25, 0.3) is 0 Å². The molecule has 1 aliphatic rings. The third-order valence-corrected chi connectivity index (χ3v) is 3.37. The van der Waals surface area contributed by atoms with E-state index in [9.17, 15) is 9.59 Å². The zero-order chi connectivity index (χ0) is 14.2. The highest BCUT2D eigenvalue weighted by Gasteiger charge is 2.51. The number of likely N-dealkylation sites (N-methyl/N-ethyl adjacent to an activating group) is 1. The van der Waals surface area contributed by atoms with Crippen molar-refractivity contribution in [2.75, 3.05) is 11.4 Å². The second-order valence-corrected chi connectivity index (χ2v) is 4.89. The number of carbonyl (C=O) groups is 2. The van der Waals surface area contributed by atoms with Crippen LogP contribution in [0.1, 0.15) is 26.3 Å². The molecule has 1 saturated heterocycles. The van der Waals surface area contributed by atoms with Gasteiger partial charge in [0.15, 0.2) is 0 Å². The summed E-state index contributed by atoms with van der Waals surface area (Å²) in [6, 6.07) is 8.17. The van der Waals surface area contributed by atoms with Gasteiger partial charge in [-0.05, 0) is 39.0 Å². The smallest absolute Gasteiger partial charge is 0.310 e. The molecule has 0 radical (unpaired) electrons. The molecule has 1 aromatic rings. The Morgan fingerprint density at radius 3 is 2.53 bits per heavy atom. The van der Waals surface area contributed by atoms with Gasteiger partial charge in [0.2, 0.25) is 0 Å². The summed E-state index contributed by atoms with van der Waals surface area (Å²) in [6.07, 6.45) is 0. The first kappa shape index (κ1) is 13.1. The quantitative estimate of drug-likeness (QED) is 0.762. The van der Waals surface area contributed by atoms with Gasteiger partial charge in [0.1, 0.15) is 5.54 Å². The lowest BCUT2D eigenvalue weighted by Gasteiger charge is -2.25. The van der Waals surface area contributed by atoms with E-state index in [1.54, 1.807) is 38.1 Å². The molecular formula is C14H15N3O2. The van der Waals surface area contributed by atoms with Crippen molar-refractivity contribution < 1.29 is 9.59 Å². The summed E-state index contributed by atoms with van der Waals surface area (Å²) < 4.78 is 0. The minimum Gasteiger partial charge on any atom is -0.310 e. The Labute approximate surface area is 112 Å². The van der Waals surface area contributed by atoms with Crippen molar-refractivity contribution in [3.05, 3.63) is 29.8 Å². The summed E-state index contributed by atoms with van der Waals surface area (Å²) in [5, 5.41) is 8.89. The maximum Gasteiger partial charge on any atom is 0.332 e. The second kappa shape index (κ2) is 4.39. The van der Waals surface area contributed by atoms with Gasteiger partial charge in [-0.25, -0.2) is 9.69 Å². The predicted octanol–water partition coefficient (Wildman–Crippen LogP) is 2.13. The Morgan fingerprint density at radius 2 is 2.00 bits per heavy atom. The van der Waals surface area contributed by atoms with Gasteiger partial charge in [-0.1, -0.05) is 6.07 Å². The predicted molar refractivity (Wildman–Crippen MR) is 70.5 cm³/mol. The van der Waals surface area contributed by atoms with Gasteiger partial charge in [-0.15, -0.1) is 0 Å². The molecule has 2 rings (SSSR count). The Hall–Kier alpha value is -2.35. The first-order chi connectivity index (χ1) is 8.93. The van der Waals surface area contributed by atoms with Gasteiger partial charge >= 0.3 is 6.03 Å². The summed E-state index contributed by atoms with van der Waals surface area (Å²) in [7, 11) is 0. The molecule has 0 atom stereocenters. The molecule has 0 unspecified atom stereocenters. The zero-order valence-electron chi connectivity index (χ0n) is 11.2. The van der Waals surface area contributed by atoms with Crippen molar-refractivity contribution in [2.45, 2.75) is 26.3 Å². The van der Waals surface area contributed by atoms with E-state index >= 15 is 0 Å². The number of rotatable bonds is 2. The third kappa shape index (κ3) is 1.85. The van der Waals surface area contributed by atoms with Crippen LogP contribution in [0.5, 0.6) is 0 Å². The minimum absolute atomic E-state index is 0.269. The normalized spacial score (nSPS) is 17.8. The van der Waals surface area contributed by atoms with Crippen molar-refractivity contribution in [2.24, 2.45) is 0 Å². The number of carbonyl (C=O) groups excluding carboxylic acids is 2. The number of imide groups is 1. The molecule has 0 aliphatic carbocycles. The van der Waals surface area contributed by atoms with Crippen molar-refractivity contribution in [3.8, 4) is 6.07 Å². The topological polar surface area (TPSA) is 64.4 Å². The van der Waals surface area contributed by atoms with Crippen LogP contribution in [0.4, 0.5) is 10.5 Å². The number of nitrogens with zero attached hydrogens (tertiary/aromatic N) is 3. The van der Waals surface area contributed by atoms with Gasteiger partial charge in [-0.2, -0.15) is 5.26 Å². The lowest BCUT2D eigenvalue weighted by molar-refractivity contribution is -0.123. The molecule has 3 amide bonds. The third-order valence-electron chi connectivity index (χ3n) is 3.37. The number of hydrogen-bond donors (Lipinski definition) is 0. The summed E-state index contributed by atoms with van der Waals surface area (Å²) in [5.74, 6) is -0.269. The number of anilines is 1. The number of urea groups is 1. The average molecular weight is 257 g/mol. The molecule has 1 heterocycles. The van der Waals surface area contributed by atoms with Gasteiger partial charge in [0.05, 0.1) is 17.3 Å². The van der Waals surface area contributed by atoms with Crippen LogP contribution in [-0.2, 0) is 4.79 Å². The molecule has 1 aromatic carbocycles. The fraction of sp³-hybridized carbons (Fsp3) is 0.357. The fourth-order valence-corrected chi connectivity index (χ4v) is 2.31. The lowest BCUT2D eigenvalue weighted by Crippen LogP contribution is -2.43. The maximum atomic E-state index is 12.4. The van der Waals surface area contributed by atoms with Crippen LogP contribution in [0.15, 0.2) is 24.3 Å². The number of benzene rings is 1. The van der Waals surface area contributed by atoms with Crippen LogP contribution >= 0.6 is 0 Å². The molecule has 5 nitrogen and oxygen atoms in total. The molecule has 1 aliphatic heterocycles. The largest absolute Gasteiger partial charge is 0.332 e. The molecule has 5 heteroatoms. The number of amides is 3. The molecule has 1 fully saturated rings. The molecule has 0 bridgehead atoms. The van der Waals surface area contributed by atoms with E-state index in [-0.39, 0.29) is 11.9 Å². The van der Waals surface area contributed by atoms with E-state index in [0.29, 0.717) is 17.8 Å². The SMILES string of the molecule is CCN1C(=O)N(c2cccc(C#N)c2)C(=O)C1(C)C. The van der Waals surface area contributed by atoms with Crippen molar-refractivity contribution >= 4 is 17.6 Å². The summed E-state index contributed by atoms with van der Waals surface area (Å²) in [6.45, 7) is 5.75. The van der Waals surface area contributed by atoms with E-state index in [1.807, 2.05) is 13.0 Å². The summed E-state index contributed by atoms with van der Waals surface area (Å²) in [4.78, 5) is 27.4.